The molecule has 1 heterocycles. The smallest absolute Gasteiger partial charge is 0.410 e. The van der Waals surface area contributed by atoms with Gasteiger partial charge in [0.25, 0.3) is 14.2 Å². The van der Waals surface area contributed by atoms with Gasteiger partial charge in [-0.3, -0.25) is 9.69 Å². The molecular weight excluding hydrogens is 676 g/mol. The third kappa shape index (κ3) is 9.98. The highest BCUT2D eigenvalue weighted by molar-refractivity contribution is 6.99. The zero-order valence-electron chi connectivity index (χ0n) is 32.1. The monoisotopic (exact) mass is 730 g/mol. The summed E-state index contributed by atoms with van der Waals surface area (Å²) in [5.74, 6) is 2.17. The molecule has 1 N–H and O–H groups in total. The van der Waals surface area contributed by atoms with Crippen molar-refractivity contribution >= 4 is 38.8 Å². The molecule has 1 saturated heterocycles. The molecular formula is C41H55FN2O5Si2. The maximum absolute atomic E-state index is 15.4. The van der Waals surface area contributed by atoms with E-state index in [4.69, 9.17) is 13.9 Å². The molecule has 274 valence electrons. The third-order valence-electron chi connectivity index (χ3n) is 8.78. The quantitative estimate of drug-likeness (QED) is 0.200. The fourth-order valence-corrected chi connectivity index (χ4v) is 11.5. The minimum atomic E-state index is -2.93. The summed E-state index contributed by atoms with van der Waals surface area (Å²) < 4.78 is 34.6. The van der Waals surface area contributed by atoms with Gasteiger partial charge in [0.05, 0.1) is 31.3 Å². The van der Waals surface area contributed by atoms with Gasteiger partial charge in [-0.1, -0.05) is 113 Å². The van der Waals surface area contributed by atoms with Gasteiger partial charge in [0.2, 0.25) is 0 Å². The molecule has 2 atom stereocenters. The third-order valence-corrected chi connectivity index (χ3v) is 14.7. The lowest BCUT2D eigenvalue weighted by atomic mass is 9.92. The van der Waals surface area contributed by atoms with E-state index >= 15 is 4.39 Å². The Bertz CT molecular complexity index is 1700. The molecule has 10 heteroatoms. The van der Waals surface area contributed by atoms with E-state index in [-0.39, 0.29) is 24.8 Å². The van der Waals surface area contributed by atoms with Crippen LogP contribution in [-0.2, 0) is 24.2 Å². The van der Waals surface area contributed by atoms with Gasteiger partial charge in [-0.05, 0) is 62.2 Å². The largest absolute Gasteiger partial charge is 0.444 e. The van der Waals surface area contributed by atoms with Gasteiger partial charge in [-0.2, -0.15) is 0 Å². The predicted molar refractivity (Wildman–Crippen MR) is 208 cm³/mol. The van der Waals surface area contributed by atoms with Gasteiger partial charge < -0.3 is 19.2 Å². The van der Waals surface area contributed by atoms with E-state index in [0.29, 0.717) is 11.1 Å². The second-order valence-corrected chi connectivity index (χ2v) is 25.9. The van der Waals surface area contributed by atoms with Crippen molar-refractivity contribution in [3.05, 3.63) is 95.8 Å². The molecule has 1 aliphatic heterocycles. The van der Waals surface area contributed by atoms with Crippen molar-refractivity contribution in [2.75, 3.05) is 19.8 Å². The van der Waals surface area contributed by atoms with Crippen molar-refractivity contribution in [1.82, 2.24) is 10.2 Å². The average molecular weight is 731 g/mol. The molecule has 3 aromatic carbocycles. The Morgan fingerprint density at radius 3 is 1.96 bits per heavy atom. The Balaban J connectivity index is 1.60. The number of nitrogens with zero attached hydrogens (tertiary/aromatic N) is 1. The lowest BCUT2D eigenvalue weighted by molar-refractivity contribution is -0.144. The first-order valence-corrected chi connectivity index (χ1v) is 23.1. The first-order chi connectivity index (χ1) is 23.6. The van der Waals surface area contributed by atoms with Crippen molar-refractivity contribution in [3.63, 3.8) is 0 Å². The molecule has 0 spiro atoms. The number of halogens is 1. The van der Waals surface area contributed by atoms with Crippen LogP contribution in [0.2, 0.25) is 24.7 Å². The van der Waals surface area contributed by atoms with Crippen LogP contribution in [0, 0.1) is 17.3 Å². The number of benzene rings is 3. The SMILES string of the molecule is CC(C)(C)OC(=O)N1C[C@@H](C(=O)NC(C)(C)c2ccc(C#C[Si](C)(C)C)cc2F)OC[C@H]1CO[Si](c1ccccc1)(c1ccccc1)C(C)(C)C. The van der Waals surface area contributed by atoms with Gasteiger partial charge in [-0.15, -0.1) is 5.54 Å². The fraction of sp³-hybridized carbons (Fsp3) is 0.463. The van der Waals surface area contributed by atoms with Crippen LogP contribution in [0.5, 0.6) is 0 Å². The van der Waals surface area contributed by atoms with Crippen LogP contribution in [0.4, 0.5) is 9.18 Å². The first kappa shape index (κ1) is 40.0. The van der Waals surface area contributed by atoms with Crippen LogP contribution in [-0.4, -0.2) is 70.8 Å². The lowest BCUT2D eigenvalue weighted by Gasteiger charge is -2.46. The van der Waals surface area contributed by atoms with Crippen LogP contribution in [0.3, 0.4) is 0 Å². The van der Waals surface area contributed by atoms with Crippen LogP contribution < -0.4 is 15.7 Å². The summed E-state index contributed by atoms with van der Waals surface area (Å²) >= 11 is 0. The molecule has 0 saturated carbocycles. The maximum atomic E-state index is 15.4. The highest BCUT2D eigenvalue weighted by Crippen LogP contribution is 2.37. The molecule has 1 aliphatic rings. The van der Waals surface area contributed by atoms with Crippen LogP contribution in [0.1, 0.15) is 66.5 Å². The van der Waals surface area contributed by atoms with E-state index in [0.717, 1.165) is 10.4 Å². The van der Waals surface area contributed by atoms with E-state index in [1.54, 1.807) is 30.9 Å². The zero-order valence-corrected chi connectivity index (χ0v) is 34.1. The second kappa shape index (κ2) is 15.5. The molecule has 3 aromatic rings. The fourth-order valence-electron chi connectivity index (χ4n) is 6.34. The summed E-state index contributed by atoms with van der Waals surface area (Å²) in [6.07, 6.45) is -1.56. The van der Waals surface area contributed by atoms with Crippen LogP contribution in [0.25, 0.3) is 0 Å². The van der Waals surface area contributed by atoms with Crippen molar-refractivity contribution < 1.29 is 27.9 Å². The summed E-state index contributed by atoms with van der Waals surface area (Å²) in [6, 6.07) is 24.9. The van der Waals surface area contributed by atoms with E-state index in [1.165, 1.54) is 6.07 Å². The number of hydrogen-bond acceptors (Lipinski definition) is 5. The van der Waals surface area contributed by atoms with E-state index < -0.39 is 57.5 Å². The van der Waals surface area contributed by atoms with E-state index in [1.807, 2.05) is 57.2 Å². The standard InChI is InChI=1S/C41H55FN2O5Si2/c1-39(2,3)49-38(46)44-27-36(37(45)43-41(7,8)34-23-22-30(26-35(34)42)24-25-50(9,10)11)47-28-31(44)29-48-51(40(4,5)6,32-18-14-12-15-19-32)33-20-16-13-17-21-33/h12-23,26,31,36H,27-29H2,1-11H3,(H,43,45)/t31-,36-/m0/s1. The molecule has 7 nitrogen and oxygen atoms in total. The first-order valence-electron chi connectivity index (χ1n) is 17.6. The van der Waals surface area contributed by atoms with Crippen molar-refractivity contribution in [1.29, 1.82) is 0 Å². The molecule has 0 aromatic heterocycles. The molecule has 4 rings (SSSR count). The summed E-state index contributed by atoms with van der Waals surface area (Å²) in [6.45, 7) is 22.1. The molecule has 0 radical (unpaired) electrons. The van der Waals surface area contributed by atoms with Gasteiger partial charge in [0, 0.05) is 11.1 Å². The zero-order chi connectivity index (χ0) is 37.8. The van der Waals surface area contributed by atoms with Gasteiger partial charge in [-0.25, -0.2) is 9.18 Å². The molecule has 0 aliphatic carbocycles. The average Bonchev–Trinajstić information content (AvgIpc) is 3.03. The Labute approximate surface area is 306 Å². The number of carbonyl (C=O) groups excluding carboxylic acids is 2. The molecule has 51 heavy (non-hydrogen) atoms. The summed E-state index contributed by atoms with van der Waals surface area (Å²) in [5.41, 5.74) is 2.34. The van der Waals surface area contributed by atoms with Crippen molar-refractivity contribution in [2.24, 2.45) is 0 Å². The van der Waals surface area contributed by atoms with E-state index in [9.17, 15) is 9.59 Å². The lowest BCUT2D eigenvalue weighted by Crippen LogP contribution is -2.68. The van der Waals surface area contributed by atoms with Gasteiger partial charge in [0.1, 0.15) is 19.5 Å². The molecule has 0 bridgehead atoms. The Morgan fingerprint density at radius 1 is 0.902 bits per heavy atom. The number of nitrogens with one attached hydrogen (secondary N) is 1. The highest BCUT2D eigenvalue weighted by atomic mass is 28.4. The number of ether oxygens (including phenoxy) is 2. The van der Waals surface area contributed by atoms with E-state index in [2.05, 4.69) is 81.5 Å². The van der Waals surface area contributed by atoms with Crippen LogP contribution >= 0.6 is 0 Å². The summed E-state index contributed by atoms with van der Waals surface area (Å²) in [7, 11) is -4.57. The van der Waals surface area contributed by atoms with Crippen molar-refractivity contribution in [3.8, 4) is 11.5 Å². The Kier molecular flexibility index (Phi) is 12.1. The van der Waals surface area contributed by atoms with Crippen molar-refractivity contribution in [2.45, 2.75) is 103 Å². The number of morpholine rings is 1. The highest BCUT2D eigenvalue weighted by Gasteiger charge is 2.51. The minimum absolute atomic E-state index is 0.0504. The van der Waals surface area contributed by atoms with Gasteiger partial charge >= 0.3 is 6.09 Å². The molecule has 1 fully saturated rings. The molecule has 2 amide bonds. The maximum Gasteiger partial charge on any atom is 0.410 e. The summed E-state index contributed by atoms with van der Waals surface area (Å²) in [4.78, 5) is 29.1. The minimum Gasteiger partial charge on any atom is -0.444 e. The number of rotatable bonds is 8. The Morgan fingerprint density at radius 2 is 1.47 bits per heavy atom. The predicted octanol–water partition coefficient (Wildman–Crippen LogP) is 6.99. The number of hydrogen-bond donors (Lipinski definition) is 1. The number of amides is 2. The number of carbonyl (C=O) groups is 2. The molecule has 0 unspecified atom stereocenters. The topological polar surface area (TPSA) is 77.1 Å². The van der Waals surface area contributed by atoms with Crippen LogP contribution in [0.15, 0.2) is 78.9 Å². The summed E-state index contributed by atoms with van der Waals surface area (Å²) in [5, 5.41) is 4.93. The Hall–Kier alpha value is -3.76. The van der Waals surface area contributed by atoms with Gasteiger partial charge in [0.15, 0.2) is 6.10 Å². The normalized spacial score (nSPS) is 17.3. The second-order valence-electron chi connectivity index (χ2n) is 16.9.